The van der Waals surface area contributed by atoms with E-state index in [9.17, 15) is 4.79 Å². The predicted octanol–water partition coefficient (Wildman–Crippen LogP) is 4.12. The number of rotatable bonds is 6. The second kappa shape index (κ2) is 9.14. The van der Waals surface area contributed by atoms with Crippen molar-refractivity contribution in [2.24, 2.45) is 7.05 Å². The fourth-order valence-corrected chi connectivity index (χ4v) is 4.32. The summed E-state index contributed by atoms with van der Waals surface area (Å²) in [5, 5.41) is 5.07. The summed E-state index contributed by atoms with van der Waals surface area (Å²) in [5.74, 6) is -0.0972. The Morgan fingerprint density at radius 2 is 2.04 bits per heavy atom. The van der Waals surface area contributed by atoms with Crippen LogP contribution in [0.25, 0.3) is 10.2 Å². The number of halogens is 2. The average molecular weight is 473 g/mol. The van der Waals surface area contributed by atoms with Crippen molar-refractivity contribution in [1.82, 2.24) is 19.7 Å². The van der Waals surface area contributed by atoms with Crippen LogP contribution in [0.4, 0.5) is 5.13 Å². The number of aryl methyl sites for hydroxylation is 2. The minimum atomic E-state index is -0.0972. The Balaban J connectivity index is 0.00000261. The van der Waals surface area contributed by atoms with Gasteiger partial charge in [0.1, 0.15) is 0 Å². The third-order valence-corrected chi connectivity index (χ3v) is 5.55. The van der Waals surface area contributed by atoms with Crippen molar-refractivity contribution in [2.75, 3.05) is 32.1 Å². The fourth-order valence-electron chi connectivity index (χ4n) is 2.78. The van der Waals surface area contributed by atoms with Gasteiger partial charge in [-0.2, -0.15) is 5.10 Å². The molecular formula is C18H23BrClN5OS. The van der Waals surface area contributed by atoms with Crippen LogP contribution in [0.5, 0.6) is 0 Å². The summed E-state index contributed by atoms with van der Waals surface area (Å²) in [4.78, 5) is 21.8. The highest BCUT2D eigenvalue weighted by molar-refractivity contribution is 9.10. The normalized spacial score (nSPS) is 11.0. The first-order chi connectivity index (χ1) is 12.3. The van der Waals surface area contributed by atoms with E-state index in [0.29, 0.717) is 17.4 Å². The molecule has 0 atom stereocenters. The lowest BCUT2D eigenvalue weighted by atomic mass is 10.2. The molecule has 0 aliphatic heterocycles. The summed E-state index contributed by atoms with van der Waals surface area (Å²) in [6, 6.07) is 5.96. The zero-order chi connectivity index (χ0) is 18.8. The van der Waals surface area contributed by atoms with Crippen molar-refractivity contribution in [2.45, 2.75) is 13.3 Å². The summed E-state index contributed by atoms with van der Waals surface area (Å²) in [6.45, 7) is 3.42. The number of amides is 1. The molecule has 2 aromatic heterocycles. The molecule has 0 bridgehead atoms. The maximum Gasteiger partial charge on any atom is 0.280 e. The molecule has 0 saturated heterocycles. The third kappa shape index (κ3) is 5.07. The van der Waals surface area contributed by atoms with Crippen molar-refractivity contribution in [3.8, 4) is 0 Å². The molecule has 6 nitrogen and oxygen atoms in total. The van der Waals surface area contributed by atoms with Gasteiger partial charge in [-0.3, -0.25) is 14.4 Å². The van der Waals surface area contributed by atoms with Crippen molar-refractivity contribution in [3.05, 3.63) is 40.1 Å². The average Bonchev–Trinajstić information content (AvgIpc) is 3.12. The molecule has 27 heavy (non-hydrogen) atoms. The highest BCUT2D eigenvalue weighted by atomic mass is 79.9. The smallest absolute Gasteiger partial charge is 0.280 e. The van der Waals surface area contributed by atoms with Crippen molar-refractivity contribution in [1.29, 1.82) is 0 Å². The molecule has 0 aliphatic carbocycles. The molecule has 3 rings (SSSR count). The summed E-state index contributed by atoms with van der Waals surface area (Å²) in [7, 11) is 5.89. The van der Waals surface area contributed by atoms with E-state index in [1.165, 1.54) is 11.3 Å². The third-order valence-electron chi connectivity index (χ3n) is 4.02. The fraction of sp³-hybridized carbons (Fsp3) is 0.389. The van der Waals surface area contributed by atoms with Gasteiger partial charge in [-0.05, 0) is 52.2 Å². The van der Waals surface area contributed by atoms with E-state index in [1.807, 2.05) is 52.5 Å². The van der Waals surface area contributed by atoms with Gasteiger partial charge in [-0.1, -0.05) is 27.3 Å². The van der Waals surface area contributed by atoms with Crippen LogP contribution in [0.3, 0.4) is 0 Å². The Kier molecular flexibility index (Phi) is 7.39. The van der Waals surface area contributed by atoms with Gasteiger partial charge in [-0.15, -0.1) is 12.4 Å². The maximum atomic E-state index is 13.2. The van der Waals surface area contributed by atoms with Gasteiger partial charge in [0, 0.05) is 29.8 Å². The first-order valence-electron chi connectivity index (χ1n) is 8.38. The van der Waals surface area contributed by atoms with E-state index in [1.54, 1.807) is 9.58 Å². The van der Waals surface area contributed by atoms with E-state index in [0.717, 1.165) is 33.2 Å². The van der Waals surface area contributed by atoms with Crippen LogP contribution in [-0.4, -0.2) is 52.8 Å². The Labute approximate surface area is 177 Å². The first kappa shape index (κ1) is 21.8. The van der Waals surface area contributed by atoms with Crippen LogP contribution < -0.4 is 4.90 Å². The van der Waals surface area contributed by atoms with Gasteiger partial charge in [-0.25, -0.2) is 4.98 Å². The second-order valence-electron chi connectivity index (χ2n) is 6.56. The number of nitrogens with zero attached hydrogens (tertiary/aromatic N) is 5. The minimum Gasteiger partial charge on any atom is -0.309 e. The zero-order valence-corrected chi connectivity index (χ0v) is 19.0. The largest absolute Gasteiger partial charge is 0.309 e. The molecular weight excluding hydrogens is 450 g/mol. The van der Waals surface area contributed by atoms with E-state index in [-0.39, 0.29) is 18.3 Å². The van der Waals surface area contributed by atoms with Gasteiger partial charge in [0.15, 0.2) is 10.8 Å². The van der Waals surface area contributed by atoms with Crippen LogP contribution in [0.2, 0.25) is 0 Å². The minimum absolute atomic E-state index is 0. The number of hydrogen-bond acceptors (Lipinski definition) is 5. The standard InChI is InChI=1S/C18H22BrN5OS.ClH/c1-12-11-23(4)21-16(12)17(25)24(9-5-8-22(2)3)18-20-14-7-6-13(19)10-15(14)26-18;/h6-7,10-11H,5,8-9H2,1-4H3;1H. The van der Waals surface area contributed by atoms with E-state index < -0.39 is 0 Å². The van der Waals surface area contributed by atoms with Crippen molar-refractivity contribution in [3.63, 3.8) is 0 Å². The highest BCUT2D eigenvalue weighted by Crippen LogP contribution is 2.31. The van der Waals surface area contributed by atoms with E-state index in [2.05, 4.69) is 30.9 Å². The van der Waals surface area contributed by atoms with Gasteiger partial charge in [0.05, 0.1) is 10.2 Å². The van der Waals surface area contributed by atoms with E-state index >= 15 is 0 Å². The number of aromatic nitrogens is 3. The Morgan fingerprint density at radius 3 is 2.67 bits per heavy atom. The van der Waals surface area contributed by atoms with Crippen LogP contribution in [0.15, 0.2) is 28.9 Å². The molecule has 1 amide bonds. The number of thiazole rings is 1. The summed E-state index contributed by atoms with van der Waals surface area (Å²) in [5.41, 5.74) is 2.26. The molecule has 146 valence electrons. The number of carbonyl (C=O) groups is 1. The lowest BCUT2D eigenvalue weighted by Crippen LogP contribution is -2.34. The number of carbonyl (C=O) groups excluding carboxylic acids is 1. The molecule has 0 saturated carbocycles. The molecule has 3 aromatic rings. The molecule has 0 spiro atoms. The Hall–Kier alpha value is -1.48. The maximum absolute atomic E-state index is 13.2. The summed E-state index contributed by atoms with van der Waals surface area (Å²) >= 11 is 5.02. The van der Waals surface area contributed by atoms with Crippen LogP contribution >= 0.6 is 39.7 Å². The van der Waals surface area contributed by atoms with Gasteiger partial charge < -0.3 is 4.90 Å². The topological polar surface area (TPSA) is 54.3 Å². The number of fused-ring (bicyclic) bond motifs is 1. The summed E-state index contributed by atoms with van der Waals surface area (Å²) < 4.78 is 3.74. The molecule has 0 fully saturated rings. The van der Waals surface area contributed by atoms with E-state index in [4.69, 9.17) is 0 Å². The number of hydrogen-bond donors (Lipinski definition) is 0. The number of anilines is 1. The molecule has 0 aliphatic rings. The van der Waals surface area contributed by atoms with Crippen molar-refractivity contribution < 1.29 is 4.79 Å². The van der Waals surface area contributed by atoms with Gasteiger partial charge >= 0.3 is 0 Å². The molecule has 0 radical (unpaired) electrons. The van der Waals surface area contributed by atoms with Crippen LogP contribution in [-0.2, 0) is 7.05 Å². The quantitative estimate of drug-likeness (QED) is 0.541. The molecule has 0 N–H and O–H groups in total. The van der Waals surface area contributed by atoms with Crippen molar-refractivity contribution >= 4 is 60.9 Å². The lowest BCUT2D eigenvalue weighted by molar-refractivity contribution is 0.0980. The zero-order valence-electron chi connectivity index (χ0n) is 15.8. The van der Waals surface area contributed by atoms with Crippen LogP contribution in [0, 0.1) is 6.92 Å². The Bertz CT molecular complexity index is 939. The lowest BCUT2D eigenvalue weighted by Gasteiger charge is -2.20. The molecule has 1 aromatic carbocycles. The van der Waals surface area contributed by atoms with Crippen LogP contribution in [0.1, 0.15) is 22.5 Å². The monoisotopic (exact) mass is 471 g/mol. The van der Waals surface area contributed by atoms with Gasteiger partial charge in [0.2, 0.25) is 0 Å². The Morgan fingerprint density at radius 1 is 1.30 bits per heavy atom. The summed E-state index contributed by atoms with van der Waals surface area (Å²) in [6.07, 6.45) is 2.73. The van der Waals surface area contributed by atoms with Gasteiger partial charge in [0.25, 0.3) is 5.91 Å². The predicted molar refractivity (Wildman–Crippen MR) is 117 cm³/mol. The highest BCUT2D eigenvalue weighted by Gasteiger charge is 2.24. The number of benzene rings is 1. The molecule has 9 heteroatoms. The second-order valence-corrected chi connectivity index (χ2v) is 8.48. The SMILES string of the molecule is Cc1cn(C)nc1C(=O)N(CCCN(C)C)c1nc2ccc(Br)cc2s1.Cl. The first-order valence-corrected chi connectivity index (χ1v) is 9.99. The molecule has 0 unspecified atom stereocenters. The molecule has 2 heterocycles.